The van der Waals surface area contributed by atoms with E-state index < -0.39 is 11.2 Å². The highest BCUT2D eigenvalue weighted by Gasteiger charge is 2.36. The first-order valence-corrected chi connectivity index (χ1v) is 11.1. The SMILES string of the molecule is CC(C)(O)C(C)(C)OBc1ccc2c3c(cccc13)-c1c-2ccc2c1oc1ccccc12. The Balaban J connectivity index is 1.54. The van der Waals surface area contributed by atoms with Crippen LogP contribution in [0.4, 0.5) is 0 Å². The summed E-state index contributed by atoms with van der Waals surface area (Å²) in [6, 6.07) is 23.5. The Labute approximate surface area is 187 Å². The summed E-state index contributed by atoms with van der Waals surface area (Å²) in [6.45, 7) is 7.44. The summed E-state index contributed by atoms with van der Waals surface area (Å²) >= 11 is 0. The fourth-order valence-corrected chi connectivity index (χ4v) is 4.74. The third kappa shape index (κ3) is 2.63. The Hall–Kier alpha value is -3.08. The monoisotopic (exact) mass is 420 g/mol. The number of hydrogen-bond acceptors (Lipinski definition) is 3. The second kappa shape index (κ2) is 6.47. The first kappa shape index (κ1) is 19.6. The Morgan fingerprint density at radius 3 is 2.31 bits per heavy atom. The van der Waals surface area contributed by atoms with Crippen LogP contribution in [0.1, 0.15) is 27.7 Å². The fourth-order valence-electron chi connectivity index (χ4n) is 4.74. The topological polar surface area (TPSA) is 42.6 Å². The highest BCUT2D eigenvalue weighted by atomic mass is 16.5. The van der Waals surface area contributed by atoms with Crippen LogP contribution < -0.4 is 5.46 Å². The van der Waals surface area contributed by atoms with E-state index in [1.807, 2.05) is 26.0 Å². The van der Waals surface area contributed by atoms with Crippen LogP contribution in [0.2, 0.25) is 0 Å². The molecule has 0 fully saturated rings. The molecular formula is C28H25BO3. The number of benzene rings is 4. The predicted molar refractivity (Wildman–Crippen MR) is 134 cm³/mol. The Morgan fingerprint density at radius 2 is 1.50 bits per heavy atom. The molecule has 1 aliphatic carbocycles. The lowest BCUT2D eigenvalue weighted by Crippen LogP contribution is -2.49. The lowest BCUT2D eigenvalue weighted by atomic mass is 9.79. The number of para-hydroxylation sites is 1. The molecule has 0 radical (unpaired) electrons. The average Bonchev–Trinajstić information content (AvgIpc) is 3.29. The predicted octanol–water partition coefficient (Wildman–Crippen LogP) is 5.93. The molecule has 0 spiro atoms. The number of furan rings is 1. The van der Waals surface area contributed by atoms with E-state index >= 15 is 0 Å². The minimum Gasteiger partial charge on any atom is -0.455 e. The van der Waals surface area contributed by atoms with E-state index in [1.54, 1.807) is 13.8 Å². The molecule has 6 rings (SSSR count). The summed E-state index contributed by atoms with van der Waals surface area (Å²) in [5, 5.41) is 15.2. The van der Waals surface area contributed by atoms with Crippen molar-refractivity contribution >= 4 is 45.7 Å². The van der Waals surface area contributed by atoms with Crippen LogP contribution in [-0.4, -0.2) is 23.8 Å². The molecule has 0 atom stereocenters. The van der Waals surface area contributed by atoms with Gasteiger partial charge in [0.2, 0.25) is 0 Å². The molecule has 3 nitrogen and oxygen atoms in total. The normalized spacial score (nSPS) is 13.3. The molecule has 0 unspecified atom stereocenters. The molecule has 0 saturated carbocycles. The van der Waals surface area contributed by atoms with E-state index in [0.717, 1.165) is 27.4 Å². The molecule has 0 amide bonds. The lowest BCUT2D eigenvalue weighted by Gasteiger charge is -2.37. The van der Waals surface area contributed by atoms with Crippen LogP contribution in [0.5, 0.6) is 0 Å². The highest BCUT2D eigenvalue weighted by Crippen LogP contribution is 2.51. The summed E-state index contributed by atoms with van der Waals surface area (Å²) in [6.07, 6.45) is 0. The zero-order valence-corrected chi connectivity index (χ0v) is 18.8. The van der Waals surface area contributed by atoms with E-state index in [4.69, 9.17) is 9.07 Å². The fraction of sp³-hybridized carbons (Fsp3) is 0.214. The van der Waals surface area contributed by atoms with Gasteiger partial charge in [0.05, 0.1) is 11.2 Å². The van der Waals surface area contributed by atoms with Crippen LogP contribution in [-0.2, 0) is 4.65 Å². The van der Waals surface area contributed by atoms with Crippen molar-refractivity contribution in [2.75, 3.05) is 0 Å². The second-order valence-corrected chi connectivity index (χ2v) is 9.82. The number of hydrogen-bond donors (Lipinski definition) is 1. The van der Waals surface area contributed by atoms with E-state index in [2.05, 4.69) is 54.6 Å². The largest absolute Gasteiger partial charge is 0.455 e. The number of rotatable bonds is 4. The van der Waals surface area contributed by atoms with Crippen molar-refractivity contribution in [2.45, 2.75) is 38.9 Å². The van der Waals surface area contributed by atoms with E-state index in [-0.39, 0.29) is 0 Å². The van der Waals surface area contributed by atoms with E-state index in [0.29, 0.717) is 7.48 Å². The zero-order chi connectivity index (χ0) is 22.3. The third-order valence-corrected chi connectivity index (χ3v) is 7.30. The number of fused-ring (bicyclic) bond motifs is 7. The van der Waals surface area contributed by atoms with Gasteiger partial charge in [-0.15, -0.1) is 0 Å². The third-order valence-electron chi connectivity index (χ3n) is 7.30. The molecular weight excluding hydrogens is 395 g/mol. The Bertz CT molecular complexity index is 1540. The summed E-state index contributed by atoms with van der Waals surface area (Å²) in [5.41, 5.74) is 6.22. The van der Waals surface area contributed by atoms with Crippen LogP contribution >= 0.6 is 0 Å². The van der Waals surface area contributed by atoms with E-state index in [9.17, 15) is 5.11 Å². The van der Waals surface area contributed by atoms with Gasteiger partial charge in [-0.05, 0) is 72.8 Å². The molecule has 1 aliphatic rings. The first-order chi connectivity index (χ1) is 15.3. The first-order valence-electron chi connectivity index (χ1n) is 11.1. The number of aliphatic hydroxyl groups is 1. The van der Waals surface area contributed by atoms with Crippen LogP contribution in [0, 0.1) is 0 Å². The van der Waals surface area contributed by atoms with Gasteiger partial charge in [0, 0.05) is 16.3 Å². The van der Waals surface area contributed by atoms with Gasteiger partial charge < -0.3 is 14.2 Å². The van der Waals surface area contributed by atoms with Crippen LogP contribution in [0.3, 0.4) is 0 Å². The highest BCUT2D eigenvalue weighted by molar-refractivity contribution is 6.52. The standard InChI is InChI=1S/C28H25BO3/c1-27(2,30)28(3,4)32-29-22-15-14-17-18-12-13-19-16-8-5-6-11-23(16)31-26(19)25(18)21-10-7-9-20(22)24(17)21/h5-15,29-30H,1-4H3. The van der Waals surface area contributed by atoms with Crippen molar-refractivity contribution in [3.8, 4) is 22.3 Å². The summed E-state index contributed by atoms with van der Waals surface area (Å²) in [5.74, 6) is 0. The van der Waals surface area contributed by atoms with Crippen molar-refractivity contribution in [1.82, 2.24) is 0 Å². The molecule has 1 N–H and O–H groups in total. The summed E-state index contributed by atoms with van der Waals surface area (Å²) in [7, 11) is 0.438. The smallest absolute Gasteiger partial charge is 0.310 e. The van der Waals surface area contributed by atoms with Crippen molar-refractivity contribution in [3.63, 3.8) is 0 Å². The molecule has 0 saturated heterocycles. The summed E-state index contributed by atoms with van der Waals surface area (Å²) in [4.78, 5) is 0. The van der Waals surface area contributed by atoms with Crippen molar-refractivity contribution in [1.29, 1.82) is 0 Å². The Morgan fingerprint density at radius 1 is 0.750 bits per heavy atom. The molecule has 32 heavy (non-hydrogen) atoms. The maximum atomic E-state index is 10.5. The van der Waals surface area contributed by atoms with E-state index in [1.165, 1.54) is 33.0 Å². The van der Waals surface area contributed by atoms with Gasteiger partial charge in [-0.1, -0.05) is 54.6 Å². The van der Waals surface area contributed by atoms with Gasteiger partial charge in [0.1, 0.15) is 11.2 Å². The van der Waals surface area contributed by atoms with Crippen molar-refractivity contribution < 1.29 is 14.2 Å². The molecule has 1 heterocycles. The van der Waals surface area contributed by atoms with Crippen molar-refractivity contribution in [2.24, 2.45) is 0 Å². The summed E-state index contributed by atoms with van der Waals surface area (Å²) < 4.78 is 12.6. The molecule has 158 valence electrons. The minimum atomic E-state index is -0.939. The molecule has 0 bridgehead atoms. The maximum absolute atomic E-state index is 10.5. The second-order valence-electron chi connectivity index (χ2n) is 9.82. The van der Waals surface area contributed by atoms with Gasteiger partial charge in [0.15, 0.2) is 0 Å². The van der Waals surface area contributed by atoms with Crippen molar-refractivity contribution in [3.05, 3.63) is 66.7 Å². The molecule has 5 aromatic rings. The minimum absolute atomic E-state index is 0.438. The molecule has 4 aromatic carbocycles. The van der Waals surface area contributed by atoms with Gasteiger partial charge >= 0.3 is 7.48 Å². The zero-order valence-electron chi connectivity index (χ0n) is 18.8. The van der Waals surface area contributed by atoms with Gasteiger partial charge in [-0.2, -0.15) is 0 Å². The lowest BCUT2D eigenvalue weighted by molar-refractivity contribution is -0.0893. The maximum Gasteiger partial charge on any atom is 0.310 e. The van der Waals surface area contributed by atoms with Gasteiger partial charge in [-0.3, -0.25) is 0 Å². The van der Waals surface area contributed by atoms with Crippen LogP contribution in [0.25, 0.3) is 55.0 Å². The van der Waals surface area contributed by atoms with Gasteiger partial charge in [-0.25, -0.2) is 0 Å². The molecule has 4 heteroatoms. The quantitative estimate of drug-likeness (QED) is 0.360. The van der Waals surface area contributed by atoms with Crippen LogP contribution in [0.15, 0.2) is 71.1 Å². The Kier molecular flexibility index (Phi) is 3.96. The van der Waals surface area contributed by atoms with Gasteiger partial charge in [0.25, 0.3) is 0 Å². The molecule has 0 aliphatic heterocycles. The molecule has 1 aromatic heterocycles. The average molecular weight is 420 g/mol.